The Balaban J connectivity index is 2.50. The van der Waals surface area contributed by atoms with Crippen LogP contribution in [0.1, 0.15) is 5.82 Å². The van der Waals surface area contributed by atoms with Crippen LogP contribution in [0.2, 0.25) is 0 Å². The van der Waals surface area contributed by atoms with E-state index >= 15 is 0 Å². The zero-order valence-electron chi connectivity index (χ0n) is 8.48. The minimum Gasteiger partial charge on any atom is -0.388 e. The van der Waals surface area contributed by atoms with Gasteiger partial charge in [-0.3, -0.25) is 0 Å². The fourth-order valence-corrected chi connectivity index (χ4v) is 1.76. The molecule has 84 valence electrons. The van der Waals surface area contributed by atoms with Crippen LogP contribution in [0, 0.1) is 5.82 Å². The number of nitrogens with zero attached hydrogens (tertiary/aromatic N) is 3. The molecule has 0 radical (unpaired) electrons. The van der Waals surface area contributed by atoms with E-state index in [1.165, 1.54) is 6.07 Å². The SMILES string of the molecule is Cn1c(CO)nnc1-c1ccc(F)c(Br)c1. The summed E-state index contributed by atoms with van der Waals surface area (Å²) >= 11 is 3.11. The van der Waals surface area contributed by atoms with Gasteiger partial charge < -0.3 is 9.67 Å². The summed E-state index contributed by atoms with van der Waals surface area (Å²) in [7, 11) is 1.75. The van der Waals surface area contributed by atoms with Crippen LogP contribution in [0.4, 0.5) is 4.39 Å². The molecule has 2 aromatic rings. The molecule has 0 fully saturated rings. The topological polar surface area (TPSA) is 50.9 Å². The number of rotatable bonds is 2. The molecule has 0 bridgehead atoms. The first kappa shape index (κ1) is 11.2. The quantitative estimate of drug-likeness (QED) is 0.917. The number of benzene rings is 1. The summed E-state index contributed by atoms with van der Waals surface area (Å²) in [6, 6.07) is 4.60. The average Bonchev–Trinajstić information content (AvgIpc) is 2.64. The minimum atomic E-state index is -0.326. The maximum absolute atomic E-state index is 13.1. The second kappa shape index (κ2) is 4.31. The molecule has 0 atom stereocenters. The van der Waals surface area contributed by atoms with E-state index < -0.39 is 0 Å². The standard InChI is InChI=1S/C10H9BrFN3O/c1-15-9(5-16)13-14-10(15)6-2-3-8(12)7(11)4-6/h2-4,16H,5H2,1H3. The summed E-state index contributed by atoms with van der Waals surface area (Å²) in [5, 5.41) is 16.7. The van der Waals surface area contributed by atoms with Crippen LogP contribution in [0.3, 0.4) is 0 Å². The number of aromatic nitrogens is 3. The lowest BCUT2D eigenvalue weighted by atomic mass is 10.2. The molecule has 1 aromatic heterocycles. The van der Waals surface area contributed by atoms with Crippen LogP contribution in [-0.2, 0) is 13.7 Å². The van der Waals surface area contributed by atoms with Gasteiger partial charge in [-0.1, -0.05) is 0 Å². The number of halogens is 2. The van der Waals surface area contributed by atoms with Crippen LogP contribution in [-0.4, -0.2) is 19.9 Å². The molecule has 1 aromatic carbocycles. The van der Waals surface area contributed by atoms with E-state index in [0.29, 0.717) is 16.1 Å². The lowest BCUT2D eigenvalue weighted by Crippen LogP contribution is -1.99. The molecule has 0 saturated carbocycles. The van der Waals surface area contributed by atoms with Crippen molar-refractivity contribution in [2.24, 2.45) is 7.05 Å². The van der Waals surface area contributed by atoms with E-state index in [0.717, 1.165) is 5.56 Å². The Morgan fingerprint density at radius 2 is 2.19 bits per heavy atom. The van der Waals surface area contributed by atoms with Crippen LogP contribution >= 0.6 is 15.9 Å². The summed E-state index contributed by atoms with van der Waals surface area (Å²) in [5.74, 6) is 0.730. The van der Waals surface area contributed by atoms with Gasteiger partial charge in [0.2, 0.25) is 0 Å². The second-order valence-corrected chi connectivity index (χ2v) is 4.14. The Labute approximate surface area is 99.9 Å². The largest absolute Gasteiger partial charge is 0.388 e. The first-order valence-corrected chi connectivity index (χ1v) is 5.37. The molecule has 0 aliphatic rings. The van der Waals surface area contributed by atoms with Crippen LogP contribution < -0.4 is 0 Å². The maximum atomic E-state index is 13.1. The van der Waals surface area contributed by atoms with Crippen molar-refractivity contribution in [3.63, 3.8) is 0 Å². The van der Waals surface area contributed by atoms with Gasteiger partial charge in [0.1, 0.15) is 12.4 Å². The highest BCUT2D eigenvalue weighted by Gasteiger charge is 2.11. The van der Waals surface area contributed by atoms with Gasteiger partial charge in [0, 0.05) is 12.6 Å². The summed E-state index contributed by atoms with van der Waals surface area (Å²) in [4.78, 5) is 0. The van der Waals surface area contributed by atoms with E-state index in [-0.39, 0.29) is 12.4 Å². The van der Waals surface area contributed by atoms with E-state index in [4.69, 9.17) is 5.11 Å². The molecule has 4 nitrogen and oxygen atoms in total. The number of hydrogen-bond acceptors (Lipinski definition) is 3. The highest BCUT2D eigenvalue weighted by molar-refractivity contribution is 9.10. The minimum absolute atomic E-state index is 0.175. The van der Waals surface area contributed by atoms with Crippen molar-refractivity contribution in [3.05, 3.63) is 34.3 Å². The van der Waals surface area contributed by atoms with Gasteiger partial charge in [0.25, 0.3) is 0 Å². The zero-order chi connectivity index (χ0) is 11.7. The molecular formula is C10H9BrFN3O. The zero-order valence-corrected chi connectivity index (χ0v) is 10.1. The van der Waals surface area contributed by atoms with Crippen LogP contribution in [0.5, 0.6) is 0 Å². The van der Waals surface area contributed by atoms with E-state index in [1.807, 2.05) is 0 Å². The predicted octanol–water partition coefficient (Wildman–Crippen LogP) is 1.88. The molecule has 0 spiro atoms. The maximum Gasteiger partial charge on any atom is 0.163 e. The van der Waals surface area contributed by atoms with Gasteiger partial charge in [-0.2, -0.15) is 0 Å². The van der Waals surface area contributed by atoms with E-state index in [9.17, 15) is 4.39 Å². The Morgan fingerprint density at radius 3 is 2.75 bits per heavy atom. The highest BCUT2D eigenvalue weighted by atomic mass is 79.9. The molecule has 16 heavy (non-hydrogen) atoms. The van der Waals surface area contributed by atoms with Gasteiger partial charge >= 0.3 is 0 Å². The van der Waals surface area contributed by atoms with E-state index in [2.05, 4.69) is 26.1 Å². The number of hydrogen-bond donors (Lipinski definition) is 1. The number of aliphatic hydroxyl groups excluding tert-OH is 1. The fraction of sp³-hybridized carbons (Fsp3) is 0.200. The molecule has 6 heteroatoms. The Bertz CT molecular complexity index is 527. The van der Waals surface area contributed by atoms with Crippen LogP contribution in [0.15, 0.2) is 22.7 Å². The van der Waals surface area contributed by atoms with Crippen molar-refractivity contribution >= 4 is 15.9 Å². The van der Waals surface area contributed by atoms with Crippen molar-refractivity contribution in [1.29, 1.82) is 0 Å². The molecule has 0 saturated heterocycles. The molecular weight excluding hydrogens is 277 g/mol. The summed E-state index contributed by atoms with van der Waals surface area (Å²) in [6.45, 7) is -0.175. The molecule has 0 aliphatic carbocycles. The van der Waals surface area contributed by atoms with Crippen molar-refractivity contribution in [2.45, 2.75) is 6.61 Å². The smallest absolute Gasteiger partial charge is 0.163 e. The Morgan fingerprint density at radius 1 is 1.44 bits per heavy atom. The predicted molar refractivity (Wildman–Crippen MR) is 60.0 cm³/mol. The van der Waals surface area contributed by atoms with Crippen molar-refractivity contribution in [1.82, 2.24) is 14.8 Å². The summed E-state index contributed by atoms with van der Waals surface area (Å²) in [6.07, 6.45) is 0. The van der Waals surface area contributed by atoms with Gasteiger partial charge in [0.15, 0.2) is 11.6 Å². The molecule has 1 N–H and O–H groups in total. The third kappa shape index (κ3) is 1.85. The van der Waals surface area contributed by atoms with Gasteiger partial charge in [-0.05, 0) is 34.1 Å². The number of aliphatic hydroxyl groups is 1. The summed E-state index contributed by atoms with van der Waals surface area (Å²) in [5.41, 5.74) is 0.739. The Hall–Kier alpha value is -1.27. The lowest BCUT2D eigenvalue weighted by Gasteiger charge is -2.03. The first-order valence-electron chi connectivity index (χ1n) is 4.58. The fourth-order valence-electron chi connectivity index (χ4n) is 1.39. The molecule has 0 unspecified atom stereocenters. The van der Waals surface area contributed by atoms with Crippen molar-refractivity contribution in [2.75, 3.05) is 0 Å². The van der Waals surface area contributed by atoms with Gasteiger partial charge in [0.05, 0.1) is 4.47 Å². The third-order valence-electron chi connectivity index (χ3n) is 2.28. The van der Waals surface area contributed by atoms with E-state index in [1.54, 1.807) is 23.7 Å². The van der Waals surface area contributed by atoms with Gasteiger partial charge in [-0.15, -0.1) is 10.2 Å². The average molecular weight is 286 g/mol. The normalized spacial score (nSPS) is 10.8. The second-order valence-electron chi connectivity index (χ2n) is 3.29. The molecule has 2 rings (SSSR count). The van der Waals surface area contributed by atoms with Crippen molar-refractivity contribution in [3.8, 4) is 11.4 Å². The van der Waals surface area contributed by atoms with Crippen molar-refractivity contribution < 1.29 is 9.50 Å². The third-order valence-corrected chi connectivity index (χ3v) is 2.89. The molecule has 0 aliphatic heterocycles. The lowest BCUT2D eigenvalue weighted by molar-refractivity contribution is 0.267. The van der Waals surface area contributed by atoms with Crippen LogP contribution in [0.25, 0.3) is 11.4 Å². The Kier molecular flexibility index (Phi) is 3.02. The molecule has 0 amide bonds. The summed E-state index contributed by atoms with van der Waals surface area (Å²) < 4.78 is 15.1. The first-order chi connectivity index (χ1) is 7.63. The monoisotopic (exact) mass is 285 g/mol. The highest BCUT2D eigenvalue weighted by Crippen LogP contribution is 2.23. The van der Waals surface area contributed by atoms with Gasteiger partial charge in [-0.25, -0.2) is 4.39 Å². The molecule has 1 heterocycles.